The van der Waals surface area contributed by atoms with Crippen LogP contribution in [0.15, 0.2) is 36.1 Å². The third-order valence-electron chi connectivity index (χ3n) is 5.55. The summed E-state index contributed by atoms with van der Waals surface area (Å²) in [6.07, 6.45) is 4.52. The van der Waals surface area contributed by atoms with Crippen LogP contribution in [0.25, 0.3) is 11.3 Å². The summed E-state index contributed by atoms with van der Waals surface area (Å²) in [5.41, 5.74) is 8.39. The minimum atomic E-state index is -3.39. The van der Waals surface area contributed by atoms with Crippen molar-refractivity contribution in [1.82, 2.24) is 9.97 Å². The van der Waals surface area contributed by atoms with Gasteiger partial charge in [0.05, 0.1) is 23.9 Å². The molecule has 2 aliphatic rings. The Morgan fingerprint density at radius 2 is 2.28 bits per heavy atom. The number of benzene rings is 1. The van der Waals surface area contributed by atoms with E-state index in [2.05, 4.69) is 23.8 Å². The predicted molar refractivity (Wildman–Crippen MR) is 112 cm³/mol. The van der Waals surface area contributed by atoms with Crippen LogP contribution in [0.3, 0.4) is 0 Å². The van der Waals surface area contributed by atoms with Gasteiger partial charge in [0.15, 0.2) is 6.35 Å². The van der Waals surface area contributed by atoms with Gasteiger partial charge in [-0.2, -0.15) is 0 Å². The van der Waals surface area contributed by atoms with Crippen LogP contribution in [-0.4, -0.2) is 22.9 Å². The van der Waals surface area contributed by atoms with E-state index in [1.165, 1.54) is 16.0 Å². The van der Waals surface area contributed by atoms with Crippen molar-refractivity contribution in [2.24, 2.45) is 0 Å². The van der Waals surface area contributed by atoms with Gasteiger partial charge in [0.1, 0.15) is 5.75 Å². The van der Waals surface area contributed by atoms with E-state index >= 15 is 0 Å². The zero-order valence-electron chi connectivity index (χ0n) is 16.3. The molecule has 0 N–H and O–H groups in total. The molecular weight excluding hydrogens is 407 g/mol. The van der Waals surface area contributed by atoms with Crippen LogP contribution < -0.4 is 4.74 Å². The molecule has 0 spiro atoms. The smallest absolute Gasteiger partial charge is 0.368 e. The normalized spacial score (nSPS) is 22.9. The number of aromatic nitrogens is 2. The van der Waals surface area contributed by atoms with Gasteiger partial charge >= 0.3 is 7.60 Å². The van der Waals surface area contributed by atoms with Gasteiger partial charge in [-0.3, -0.25) is 14.1 Å². The maximum Gasteiger partial charge on any atom is 0.368 e. The van der Waals surface area contributed by atoms with Crippen molar-refractivity contribution in [2.45, 2.75) is 32.8 Å². The zero-order valence-corrected chi connectivity index (χ0v) is 18.0. The molecule has 1 aromatic carbocycles. The summed E-state index contributed by atoms with van der Waals surface area (Å²) in [5, 5.41) is 0. The van der Waals surface area contributed by atoms with E-state index in [-0.39, 0.29) is 12.5 Å². The van der Waals surface area contributed by atoms with Gasteiger partial charge in [0.2, 0.25) is 0 Å². The largest absolute Gasteiger partial charge is 0.480 e. The lowest BCUT2D eigenvalue weighted by atomic mass is 9.98. The average Bonchev–Trinajstić information content (AvgIpc) is 3.32. The van der Waals surface area contributed by atoms with E-state index in [0.717, 1.165) is 28.8 Å². The second-order valence-corrected chi connectivity index (χ2v) is 10.2. The lowest BCUT2D eigenvalue weighted by Gasteiger charge is -2.30. The van der Waals surface area contributed by atoms with Crippen molar-refractivity contribution in [1.29, 1.82) is 0 Å². The fourth-order valence-electron chi connectivity index (χ4n) is 3.89. The topological polar surface area (TPSA) is 70.5 Å². The third kappa shape index (κ3) is 3.42. The van der Waals surface area contributed by atoms with Crippen LogP contribution >= 0.6 is 18.9 Å². The highest BCUT2D eigenvalue weighted by atomic mass is 32.1. The number of aryl methyl sites for hydroxylation is 1. The summed E-state index contributed by atoms with van der Waals surface area (Å²) in [6, 6.07) is 5.77. The van der Waals surface area contributed by atoms with Crippen molar-refractivity contribution in [2.75, 3.05) is 13.0 Å². The van der Waals surface area contributed by atoms with Crippen molar-refractivity contribution < 1.29 is 18.3 Å². The van der Waals surface area contributed by atoms with Crippen LogP contribution in [-0.2, 0) is 20.0 Å². The predicted octanol–water partition coefficient (Wildman–Crippen LogP) is 5.43. The van der Waals surface area contributed by atoms with E-state index in [0.29, 0.717) is 18.8 Å². The molecule has 3 heterocycles. The third-order valence-corrected chi connectivity index (χ3v) is 7.98. The molecule has 5 rings (SSSR count). The molecule has 0 saturated carbocycles. The van der Waals surface area contributed by atoms with Crippen LogP contribution in [0.2, 0.25) is 0 Å². The second kappa shape index (κ2) is 7.33. The number of pyridine rings is 1. The van der Waals surface area contributed by atoms with Gasteiger partial charge in [0.25, 0.3) is 0 Å². The molecule has 1 saturated heterocycles. The first-order chi connectivity index (χ1) is 14.0. The highest BCUT2D eigenvalue weighted by Gasteiger charge is 2.36. The number of hydrogen-bond donors (Lipinski definition) is 0. The van der Waals surface area contributed by atoms with Gasteiger partial charge in [-0.25, -0.2) is 4.98 Å². The molecule has 8 heteroatoms. The molecule has 0 amide bonds. The standard InChI is InChI=1S/C21H21N2O4PS/c1-13-8-18(20-16(14(13)2)9-19-21(20)23-11-29-19)25-12-28(24)26-7-5-17(27-28)15-4-3-6-22-10-15/h3-4,6,8,10-11,17H,5,7,9,12H2,1-2H3/t17-,28+/m0/s1. The zero-order chi connectivity index (χ0) is 20.0. The minimum absolute atomic E-state index is 0.127. The van der Waals surface area contributed by atoms with E-state index < -0.39 is 7.60 Å². The van der Waals surface area contributed by atoms with Crippen molar-refractivity contribution in [3.63, 3.8) is 0 Å². The van der Waals surface area contributed by atoms with E-state index in [9.17, 15) is 4.57 Å². The molecule has 2 aromatic heterocycles. The molecule has 6 nitrogen and oxygen atoms in total. The van der Waals surface area contributed by atoms with Crippen LogP contribution in [0, 0.1) is 13.8 Å². The summed E-state index contributed by atoms with van der Waals surface area (Å²) in [6.45, 7) is 4.56. The molecule has 29 heavy (non-hydrogen) atoms. The second-order valence-electron chi connectivity index (χ2n) is 7.36. The summed E-state index contributed by atoms with van der Waals surface area (Å²) in [5.74, 6) is 0.693. The summed E-state index contributed by atoms with van der Waals surface area (Å²) < 4.78 is 30.7. The summed E-state index contributed by atoms with van der Waals surface area (Å²) >= 11 is 1.66. The Morgan fingerprint density at radius 3 is 3.10 bits per heavy atom. The minimum Gasteiger partial charge on any atom is -0.480 e. The summed E-state index contributed by atoms with van der Waals surface area (Å²) in [7, 11) is -3.39. The van der Waals surface area contributed by atoms with Crippen LogP contribution in [0.1, 0.15) is 39.7 Å². The Balaban J connectivity index is 1.40. The van der Waals surface area contributed by atoms with Gasteiger partial charge < -0.3 is 9.26 Å². The SMILES string of the molecule is Cc1cc(OC[P@@]2(=O)OCC[C@@H](c3cccnc3)O2)c2c(c1C)Cc1scnc1-2. The first kappa shape index (κ1) is 18.9. The molecule has 0 radical (unpaired) electrons. The number of ether oxygens (including phenoxy) is 1. The Hall–Kier alpha value is -2.05. The van der Waals surface area contributed by atoms with E-state index in [4.69, 9.17) is 13.8 Å². The van der Waals surface area contributed by atoms with Crippen molar-refractivity contribution in [3.8, 4) is 17.0 Å². The molecule has 0 bridgehead atoms. The highest BCUT2D eigenvalue weighted by Crippen LogP contribution is 2.56. The molecule has 1 aliphatic heterocycles. The monoisotopic (exact) mass is 428 g/mol. The number of thiazole rings is 1. The van der Waals surface area contributed by atoms with Gasteiger partial charge in [-0.05, 0) is 48.2 Å². The lowest BCUT2D eigenvalue weighted by molar-refractivity contribution is 0.0724. The molecule has 1 fully saturated rings. The molecule has 2 atom stereocenters. The first-order valence-corrected chi connectivity index (χ1v) is 12.2. The fourth-order valence-corrected chi connectivity index (χ4v) is 6.16. The molecule has 150 valence electrons. The lowest BCUT2D eigenvalue weighted by Crippen LogP contribution is -2.17. The van der Waals surface area contributed by atoms with Crippen molar-refractivity contribution in [3.05, 3.63) is 63.2 Å². The quantitative estimate of drug-likeness (QED) is 0.404. The Bertz CT molecular complexity index is 1120. The maximum atomic E-state index is 13.2. The van der Waals surface area contributed by atoms with Crippen LogP contribution in [0.4, 0.5) is 0 Å². The molecular formula is C21H21N2O4PS. The number of hydrogen-bond acceptors (Lipinski definition) is 7. The van der Waals surface area contributed by atoms with E-state index in [1.807, 2.05) is 23.7 Å². The van der Waals surface area contributed by atoms with Gasteiger partial charge in [-0.15, -0.1) is 11.3 Å². The molecule has 0 unspecified atom stereocenters. The van der Waals surface area contributed by atoms with Gasteiger partial charge in [0, 0.05) is 35.7 Å². The molecule has 1 aliphatic carbocycles. The van der Waals surface area contributed by atoms with Crippen molar-refractivity contribution >= 4 is 18.9 Å². The first-order valence-electron chi connectivity index (χ1n) is 9.54. The Kier molecular flexibility index (Phi) is 4.79. The molecule has 3 aromatic rings. The van der Waals surface area contributed by atoms with Gasteiger partial charge in [-0.1, -0.05) is 6.07 Å². The highest BCUT2D eigenvalue weighted by molar-refractivity contribution is 7.53. The number of nitrogens with zero attached hydrogens (tertiary/aromatic N) is 2. The maximum absolute atomic E-state index is 13.2. The fraction of sp³-hybridized carbons (Fsp3) is 0.333. The number of fused-ring (bicyclic) bond motifs is 3. The van der Waals surface area contributed by atoms with Crippen LogP contribution in [0.5, 0.6) is 5.75 Å². The number of rotatable bonds is 4. The average molecular weight is 428 g/mol. The van der Waals surface area contributed by atoms with E-state index in [1.54, 1.807) is 23.7 Å². The summed E-state index contributed by atoms with van der Waals surface area (Å²) in [4.78, 5) is 9.90. The Morgan fingerprint density at radius 1 is 1.38 bits per heavy atom. The Labute approximate surface area is 173 Å².